The fraction of sp³-hybridized carbons (Fsp3) is 0.438. The van der Waals surface area contributed by atoms with Crippen molar-refractivity contribution >= 4 is 27.4 Å². The molecule has 0 saturated heterocycles. The molecule has 0 bridgehead atoms. The highest BCUT2D eigenvalue weighted by molar-refractivity contribution is 7.92. The maximum absolute atomic E-state index is 13.1. The summed E-state index contributed by atoms with van der Waals surface area (Å²) in [5.41, 5.74) is 1.64. The summed E-state index contributed by atoms with van der Waals surface area (Å²) in [5.74, 6) is -1.13. The van der Waals surface area contributed by atoms with Crippen molar-refractivity contribution in [3.63, 3.8) is 0 Å². The molecule has 2 aliphatic carbocycles. The summed E-state index contributed by atoms with van der Waals surface area (Å²) in [7, 11) is -3.63. The number of carbonyl (C=O) groups is 1. The molecule has 6 heteroatoms. The topological polar surface area (TPSA) is 71.4 Å². The van der Waals surface area contributed by atoms with Gasteiger partial charge in [-0.3, -0.25) is 0 Å². The van der Waals surface area contributed by atoms with E-state index in [1.165, 1.54) is 0 Å². The van der Waals surface area contributed by atoms with Gasteiger partial charge in [-0.05, 0) is 49.3 Å². The van der Waals surface area contributed by atoms with Crippen LogP contribution in [-0.2, 0) is 21.1 Å². The highest BCUT2D eigenvalue weighted by atomic mass is 35.5. The molecule has 0 aromatic heterocycles. The average Bonchev–Trinajstić information content (AvgIpc) is 2.93. The van der Waals surface area contributed by atoms with Gasteiger partial charge in [0.25, 0.3) is 0 Å². The highest BCUT2D eigenvalue weighted by Gasteiger charge is 2.43. The average molecular weight is 341 g/mol. The summed E-state index contributed by atoms with van der Waals surface area (Å²) in [6.45, 7) is 0. The Balaban J connectivity index is 2.04. The van der Waals surface area contributed by atoms with Crippen molar-refractivity contribution < 1.29 is 18.3 Å². The lowest BCUT2D eigenvalue weighted by atomic mass is 9.99. The second-order valence-corrected chi connectivity index (χ2v) is 8.54. The molecule has 0 heterocycles. The van der Waals surface area contributed by atoms with E-state index in [0.717, 1.165) is 5.56 Å². The molecular weight excluding hydrogens is 324 g/mol. The van der Waals surface area contributed by atoms with Gasteiger partial charge < -0.3 is 5.11 Å². The number of aliphatic carboxylic acids is 1. The molecule has 0 saturated carbocycles. The van der Waals surface area contributed by atoms with Crippen molar-refractivity contribution in [2.75, 3.05) is 0 Å². The van der Waals surface area contributed by atoms with Gasteiger partial charge in [0.05, 0.1) is 16.1 Å². The van der Waals surface area contributed by atoms with Crippen LogP contribution < -0.4 is 0 Å². The van der Waals surface area contributed by atoms with Crippen LogP contribution >= 0.6 is 11.6 Å². The number of hydrogen-bond acceptors (Lipinski definition) is 3. The van der Waals surface area contributed by atoms with Gasteiger partial charge >= 0.3 is 5.97 Å². The monoisotopic (exact) mass is 340 g/mol. The number of halogens is 1. The van der Waals surface area contributed by atoms with Crippen molar-refractivity contribution in [2.45, 2.75) is 42.6 Å². The number of benzene rings is 1. The molecule has 2 aliphatic rings. The lowest BCUT2D eigenvalue weighted by molar-refractivity contribution is -0.132. The first kappa shape index (κ1) is 15.6. The standard InChI is InChI=1S/C16H17ClO4S/c17-12-6-3-4-10-8-9-14(15(10)12)22(20,21)13-7-2-1-5-11(13)16(18)19/h3-6,13-14H,1-2,7-9H2,(H,18,19)/t13-,14+/m1/s1. The number of fused-ring (bicyclic) bond motifs is 1. The minimum absolute atomic E-state index is 0.0201. The van der Waals surface area contributed by atoms with Gasteiger partial charge in [-0.1, -0.05) is 29.8 Å². The molecule has 22 heavy (non-hydrogen) atoms. The number of allylic oxidation sites excluding steroid dienone is 1. The van der Waals surface area contributed by atoms with Crippen LogP contribution in [-0.4, -0.2) is 24.7 Å². The molecule has 1 aromatic carbocycles. The van der Waals surface area contributed by atoms with Crippen LogP contribution in [0.1, 0.15) is 42.1 Å². The number of carboxylic acid groups (broad SMARTS) is 1. The molecule has 1 aromatic rings. The number of hydrogen-bond donors (Lipinski definition) is 1. The first-order valence-corrected chi connectivity index (χ1v) is 9.35. The largest absolute Gasteiger partial charge is 0.478 e. The fourth-order valence-electron chi connectivity index (χ4n) is 3.53. The van der Waals surface area contributed by atoms with Gasteiger partial charge in [0.2, 0.25) is 0 Å². The first-order chi connectivity index (χ1) is 10.4. The molecule has 1 N–H and O–H groups in total. The third kappa shape index (κ3) is 2.46. The molecule has 4 nitrogen and oxygen atoms in total. The maximum atomic E-state index is 13.1. The van der Waals surface area contributed by atoms with Gasteiger partial charge in [0.15, 0.2) is 9.84 Å². The molecular formula is C16H17ClO4S. The van der Waals surface area contributed by atoms with Crippen LogP contribution in [0.3, 0.4) is 0 Å². The molecule has 0 aliphatic heterocycles. The van der Waals surface area contributed by atoms with E-state index in [-0.39, 0.29) is 5.57 Å². The molecule has 0 unspecified atom stereocenters. The van der Waals surface area contributed by atoms with Crippen molar-refractivity contribution in [3.8, 4) is 0 Å². The fourth-order valence-corrected chi connectivity index (χ4v) is 6.42. The Kier molecular flexibility index (Phi) is 4.03. The summed E-state index contributed by atoms with van der Waals surface area (Å²) in [4.78, 5) is 11.4. The summed E-state index contributed by atoms with van der Waals surface area (Å²) in [6, 6.07) is 5.41. The van der Waals surface area contributed by atoms with E-state index in [4.69, 9.17) is 11.6 Å². The summed E-state index contributed by atoms with van der Waals surface area (Å²) >= 11 is 6.21. The second kappa shape index (κ2) is 5.70. The number of sulfone groups is 1. The summed E-state index contributed by atoms with van der Waals surface area (Å²) < 4.78 is 26.1. The molecule has 0 fully saturated rings. The Bertz CT molecular complexity index is 751. The Morgan fingerprint density at radius 2 is 2.00 bits per heavy atom. The molecule has 0 spiro atoms. The lowest BCUT2D eigenvalue weighted by Gasteiger charge is -2.25. The predicted molar refractivity (Wildman–Crippen MR) is 84.8 cm³/mol. The van der Waals surface area contributed by atoms with E-state index in [1.54, 1.807) is 12.1 Å². The first-order valence-electron chi connectivity index (χ1n) is 7.36. The Labute approximate surface area is 134 Å². The van der Waals surface area contributed by atoms with Crippen LogP contribution in [0.25, 0.3) is 0 Å². The summed E-state index contributed by atoms with van der Waals surface area (Å²) in [6.07, 6.45) is 4.38. The highest BCUT2D eigenvalue weighted by Crippen LogP contribution is 2.44. The van der Waals surface area contributed by atoms with E-state index in [9.17, 15) is 18.3 Å². The van der Waals surface area contributed by atoms with Gasteiger partial charge in [-0.15, -0.1) is 0 Å². The van der Waals surface area contributed by atoms with E-state index in [2.05, 4.69) is 0 Å². The minimum atomic E-state index is -3.63. The Morgan fingerprint density at radius 3 is 2.73 bits per heavy atom. The van der Waals surface area contributed by atoms with Crippen molar-refractivity contribution in [1.29, 1.82) is 0 Å². The van der Waals surface area contributed by atoms with Gasteiger partial charge in [0.1, 0.15) is 0 Å². The normalized spacial score (nSPS) is 24.7. The van der Waals surface area contributed by atoms with Crippen LogP contribution in [0.5, 0.6) is 0 Å². The zero-order valence-corrected chi connectivity index (χ0v) is 13.5. The number of aryl methyl sites for hydroxylation is 1. The zero-order chi connectivity index (χ0) is 15.9. The number of rotatable bonds is 3. The van der Waals surface area contributed by atoms with E-state index in [0.29, 0.717) is 42.7 Å². The maximum Gasteiger partial charge on any atom is 0.332 e. The zero-order valence-electron chi connectivity index (χ0n) is 12.0. The molecule has 3 rings (SSSR count). The van der Waals surface area contributed by atoms with Crippen molar-refractivity contribution in [2.24, 2.45) is 0 Å². The van der Waals surface area contributed by atoms with Crippen LogP contribution in [0.4, 0.5) is 0 Å². The molecule has 0 radical (unpaired) electrons. The van der Waals surface area contributed by atoms with Crippen LogP contribution in [0.2, 0.25) is 5.02 Å². The number of carboxylic acids is 1. The summed E-state index contributed by atoms with van der Waals surface area (Å²) in [5, 5.41) is 8.15. The SMILES string of the molecule is O=C(O)C1=CCCC[C@H]1S(=O)(=O)[C@H]1CCc2cccc(Cl)c21. The molecule has 0 amide bonds. The predicted octanol–water partition coefficient (Wildman–Crippen LogP) is 3.31. The van der Waals surface area contributed by atoms with Crippen molar-refractivity contribution in [3.05, 3.63) is 46.0 Å². The van der Waals surface area contributed by atoms with Gasteiger partial charge in [-0.25, -0.2) is 13.2 Å². The van der Waals surface area contributed by atoms with Crippen LogP contribution in [0.15, 0.2) is 29.8 Å². The van der Waals surface area contributed by atoms with Gasteiger partial charge in [-0.2, -0.15) is 0 Å². The lowest BCUT2D eigenvalue weighted by Crippen LogP contribution is -2.32. The van der Waals surface area contributed by atoms with E-state index >= 15 is 0 Å². The molecule has 2 atom stereocenters. The minimum Gasteiger partial charge on any atom is -0.478 e. The van der Waals surface area contributed by atoms with Crippen molar-refractivity contribution in [1.82, 2.24) is 0 Å². The Morgan fingerprint density at radius 1 is 1.23 bits per heavy atom. The quantitative estimate of drug-likeness (QED) is 0.916. The smallest absolute Gasteiger partial charge is 0.332 e. The second-order valence-electron chi connectivity index (χ2n) is 5.81. The Hall–Kier alpha value is -1.33. The van der Waals surface area contributed by atoms with Gasteiger partial charge in [0, 0.05) is 5.02 Å². The van der Waals surface area contributed by atoms with Crippen LogP contribution in [0, 0.1) is 0 Å². The third-order valence-corrected chi connectivity index (χ3v) is 7.44. The van der Waals surface area contributed by atoms with E-state index < -0.39 is 26.3 Å². The van der Waals surface area contributed by atoms with E-state index in [1.807, 2.05) is 12.1 Å². The third-order valence-electron chi connectivity index (χ3n) is 4.56. The molecule has 118 valence electrons.